The minimum atomic E-state index is -1.43. The molecule has 0 saturated carbocycles. The van der Waals surface area contributed by atoms with Gasteiger partial charge in [0.15, 0.2) is 5.71 Å². The molecule has 2 aromatic rings. The van der Waals surface area contributed by atoms with Gasteiger partial charge in [0.25, 0.3) is 0 Å². The Morgan fingerprint density at radius 3 is 3.00 bits per heavy atom. The first kappa shape index (κ1) is 10.2. The first-order valence-corrected chi connectivity index (χ1v) is 4.49. The summed E-state index contributed by atoms with van der Waals surface area (Å²) in [6.07, 6.45) is 3.30. The molecular formula is C10H8N3O3-. The van der Waals surface area contributed by atoms with Crippen LogP contribution in [0.1, 0.15) is 5.69 Å². The summed E-state index contributed by atoms with van der Waals surface area (Å²) in [5.74, 6) is -1.43. The van der Waals surface area contributed by atoms with Gasteiger partial charge in [0.1, 0.15) is 18.5 Å². The van der Waals surface area contributed by atoms with E-state index >= 15 is 0 Å². The van der Waals surface area contributed by atoms with Crippen LogP contribution in [0.15, 0.2) is 35.7 Å². The van der Waals surface area contributed by atoms with Gasteiger partial charge >= 0.3 is 0 Å². The molecule has 82 valence electrons. The summed E-state index contributed by atoms with van der Waals surface area (Å²) in [4.78, 5) is 19.3. The van der Waals surface area contributed by atoms with Gasteiger partial charge in [-0.05, 0) is 12.1 Å². The number of imidazole rings is 1. The van der Waals surface area contributed by atoms with E-state index in [1.54, 1.807) is 28.9 Å². The SMILES string of the molecule is CON=C(C(=O)[O-])c1cn2ccccc2n1. The summed E-state index contributed by atoms with van der Waals surface area (Å²) in [7, 11) is 1.26. The molecule has 0 aliphatic heterocycles. The lowest BCUT2D eigenvalue weighted by Crippen LogP contribution is -2.32. The third-order valence-corrected chi connectivity index (χ3v) is 1.98. The Hall–Kier alpha value is -2.37. The lowest BCUT2D eigenvalue weighted by molar-refractivity contribution is -0.294. The number of carbonyl (C=O) groups excluding carboxylic acids is 1. The normalized spacial score (nSPS) is 11.7. The number of fused-ring (bicyclic) bond motifs is 1. The highest BCUT2D eigenvalue weighted by atomic mass is 16.6. The molecule has 6 nitrogen and oxygen atoms in total. The molecule has 6 heteroatoms. The van der Waals surface area contributed by atoms with E-state index < -0.39 is 5.97 Å². The highest BCUT2D eigenvalue weighted by Gasteiger charge is 2.10. The fraction of sp³-hybridized carbons (Fsp3) is 0.100. The van der Waals surface area contributed by atoms with Gasteiger partial charge in [-0.25, -0.2) is 4.98 Å². The molecule has 0 aromatic carbocycles. The van der Waals surface area contributed by atoms with Crippen LogP contribution in [0.25, 0.3) is 5.65 Å². The van der Waals surface area contributed by atoms with Crippen molar-refractivity contribution in [2.75, 3.05) is 7.11 Å². The molecule has 16 heavy (non-hydrogen) atoms. The minimum Gasteiger partial charge on any atom is -0.543 e. The molecule has 2 rings (SSSR count). The van der Waals surface area contributed by atoms with Crippen molar-refractivity contribution in [3.63, 3.8) is 0 Å². The smallest absolute Gasteiger partial charge is 0.152 e. The van der Waals surface area contributed by atoms with Gasteiger partial charge in [0, 0.05) is 12.4 Å². The van der Waals surface area contributed by atoms with Crippen LogP contribution in [0, 0.1) is 0 Å². The number of aliphatic carboxylic acids is 1. The monoisotopic (exact) mass is 218 g/mol. The number of rotatable bonds is 3. The second-order valence-corrected chi connectivity index (χ2v) is 3.00. The summed E-state index contributed by atoms with van der Waals surface area (Å²) < 4.78 is 1.68. The van der Waals surface area contributed by atoms with Crippen LogP contribution in [0.2, 0.25) is 0 Å². The molecule has 0 spiro atoms. The Balaban J connectivity index is 2.53. The van der Waals surface area contributed by atoms with Gasteiger partial charge in [-0.3, -0.25) is 0 Å². The first-order valence-electron chi connectivity index (χ1n) is 4.49. The molecule has 2 heterocycles. The number of hydrogen-bond acceptors (Lipinski definition) is 5. The van der Waals surface area contributed by atoms with Crippen molar-refractivity contribution in [2.45, 2.75) is 0 Å². The molecular weight excluding hydrogens is 210 g/mol. The topological polar surface area (TPSA) is 79.0 Å². The quantitative estimate of drug-likeness (QED) is 0.510. The standard InChI is InChI=1S/C10H9N3O3/c1-16-12-9(10(14)15)7-6-13-5-3-2-4-8(13)11-7/h2-6H,1H3,(H,14,15)/p-1. The maximum Gasteiger partial charge on any atom is 0.152 e. The van der Waals surface area contributed by atoms with Crippen molar-refractivity contribution < 1.29 is 14.7 Å². The molecule has 0 aliphatic carbocycles. The number of carboxylic acids is 1. The summed E-state index contributed by atoms with van der Waals surface area (Å²) in [6.45, 7) is 0. The van der Waals surface area contributed by atoms with Gasteiger partial charge in [-0.15, -0.1) is 0 Å². The molecule has 0 atom stereocenters. The van der Waals surface area contributed by atoms with Gasteiger partial charge in [0.05, 0.1) is 5.97 Å². The van der Waals surface area contributed by atoms with E-state index in [9.17, 15) is 9.90 Å². The maximum absolute atomic E-state index is 10.8. The molecule has 0 amide bonds. The Morgan fingerprint density at radius 1 is 1.56 bits per heavy atom. The van der Waals surface area contributed by atoms with Crippen LogP contribution in [0.5, 0.6) is 0 Å². The van der Waals surface area contributed by atoms with Gasteiger partial charge in [-0.2, -0.15) is 0 Å². The largest absolute Gasteiger partial charge is 0.543 e. The lowest BCUT2D eigenvalue weighted by atomic mass is 10.3. The van der Waals surface area contributed by atoms with E-state index in [-0.39, 0.29) is 11.4 Å². The van der Waals surface area contributed by atoms with Crippen molar-refractivity contribution in [1.82, 2.24) is 9.38 Å². The lowest BCUT2D eigenvalue weighted by Gasteiger charge is -2.01. The molecule has 0 saturated heterocycles. The third kappa shape index (κ3) is 1.72. The van der Waals surface area contributed by atoms with E-state index in [2.05, 4.69) is 15.0 Å². The van der Waals surface area contributed by atoms with Crippen LogP contribution in [0.4, 0.5) is 0 Å². The fourth-order valence-electron chi connectivity index (χ4n) is 1.33. The summed E-state index contributed by atoms with van der Waals surface area (Å²) in [5.41, 5.74) is 0.502. The van der Waals surface area contributed by atoms with Crippen LogP contribution in [0.3, 0.4) is 0 Å². The molecule has 2 aromatic heterocycles. The number of pyridine rings is 1. The van der Waals surface area contributed by atoms with E-state index in [1.807, 2.05) is 6.07 Å². The second kappa shape index (κ2) is 4.01. The van der Waals surface area contributed by atoms with Crippen LogP contribution in [-0.4, -0.2) is 28.2 Å². The Morgan fingerprint density at radius 2 is 2.38 bits per heavy atom. The number of carbonyl (C=O) groups is 1. The van der Waals surface area contributed by atoms with Crippen LogP contribution < -0.4 is 5.11 Å². The fourth-order valence-corrected chi connectivity index (χ4v) is 1.33. The number of nitrogens with zero attached hydrogens (tertiary/aromatic N) is 3. The number of carboxylic acid groups (broad SMARTS) is 1. The molecule has 0 bridgehead atoms. The molecule has 0 aliphatic rings. The average Bonchev–Trinajstić information content (AvgIpc) is 2.68. The molecule has 0 radical (unpaired) electrons. The van der Waals surface area contributed by atoms with Gasteiger partial charge < -0.3 is 19.1 Å². The van der Waals surface area contributed by atoms with Crippen molar-refractivity contribution in [3.8, 4) is 0 Å². The van der Waals surface area contributed by atoms with Gasteiger partial charge in [0.2, 0.25) is 0 Å². The van der Waals surface area contributed by atoms with E-state index in [4.69, 9.17) is 0 Å². The van der Waals surface area contributed by atoms with E-state index in [0.29, 0.717) is 5.65 Å². The zero-order chi connectivity index (χ0) is 11.5. The number of oxime groups is 1. The van der Waals surface area contributed by atoms with Crippen molar-refractivity contribution >= 4 is 17.3 Å². The van der Waals surface area contributed by atoms with Crippen molar-refractivity contribution in [2.24, 2.45) is 5.16 Å². The highest BCUT2D eigenvalue weighted by molar-refractivity contribution is 6.41. The first-order chi connectivity index (χ1) is 7.72. The second-order valence-electron chi connectivity index (χ2n) is 3.00. The minimum absolute atomic E-state index is 0.202. The third-order valence-electron chi connectivity index (χ3n) is 1.98. The molecule has 0 N–H and O–H groups in total. The zero-order valence-electron chi connectivity index (χ0n) is 8.45. The number of hydrogen-bond donors (Lipinski definition) is 0. The average molecular weight is 218 g/mol. The molecule has 0 fully saturated rings. The summed E-state index contributed by atoms with van der Waals surface area (Å²) in [5, 5.41) is 14.2. The van der Waals surface area contributed by atoms with E-state index in [1.165, 1.54) is 7.11 Å². The maximum atomic E-state index is 10.8. The Kier molecular flexibility index (Phi) is 2.55. The highest BCUT2D eigenvalue weighted by Crippen LogP contribution is 2.05. The van der Waals surface area contributed by atoms with Crippen molar-refractivity contribution in [3.05, 3.63) is 36.3 Å². The zero-order valence-corrected chi connectivity index (χ0v) is 8.45. The summed E-state index contributed by atoms with van der Waals surface area (Å²) >= 11 is 0. The van der Waals surface area contributed by atoms with Crippen molar-refractivity contribution in [1.29, 1.82) is 0 Å². The summed E-state index contributed by atoms with van der Waals surface area (Å²) in [6, 6.07) is 5.37. The number of aromatic nitrogens is 2. The van der Waals surface area contributed by atoms with Gasteiger partial charge in [-0.1, -0.05) is 11.2 Å². The predicted molar refractivity (Wildman–Crippen MR) is 53.7 cm³/mol. The van der Waals surface area contributed by atoms with Crippen LogP contribution in [-0.2, 0) is 9.63 Å². The van der Waals surface area contributed by atoms with Crippen LogP contribution >= 0.6 is 0 Å². The Labute approximate surface area is 90.8 Å². The Bertz CT molecular complexity index is 526. The molecule has 0 unspecified atom stereocenters. The predicted octanol–water partition coefficient (Wildman–Crippen LogP) is -0.565. The van der Waals surface area contributed by atoms with E-state index in [0.717, 1.165) is 0 Å².